The maximum absolute atomic E-state index is 12.5. The Morgan fingerprint density at radius 3 is 2.56 bits per heavy atom. The second-order valence-electron chi connectivity index (χ2n) is 7.72. The van der Waals surface area contributed by atoms with Gasteiger partial charge in [-0.15, -0.1) is 0 Å². The lowest BCUT2D eigenvalue weighted by Gasteiger charge is -2.31. The Morgan fingerprint density at radius 2 is 2.00 bits per heavy atom. The molecule has 0 fully saturated rings. The lowest BCUT2D eigenvalue weighted by atomic mass is 10.0. The number of aliphatic hydroxyl groups excluding tert-OH is 3. The van der Waals surface area contributed by atoms with Crippen LogP contribution in [0.4, 0.5) is 5.69 Å². The summed E-state index contributed by atoms with van der Waals surface area (Å²) < 4.78 is 12.5. The number of ether oxygens (including phenoxy) is 1. The zero-order valence-corrected chi connectivity index (χ0v) is 19.2. The van der Waals surface area contributed by atoms with E-state index in [2.05, 4.69) is 10.3 Å². The minimum atomic E-state index is -1.61. The van der Waals surface area contributed by atoms with Gasteiger partial charge in [0.1, 0.15) is 27.9 Å². The fourth-order valence-corrected chi connectivity index (χ4v) is 3.64. The molecule has 2 heterocycles. The third-order valence-electron chi connectivity index (χ3n) is 5.36. The largest absolute Gasteiger partial charge is 0.482 e. The smallest absolute Gasteiger partial charge is 0.420 e. The lowest BCUT2D eigenvalue weighted by molar-refractivity contribution is -0.137. The van der Waals surface area contributed by atoms with Crippen molar-refractivity contribution in [1.29, 1.82) is 0 Å². The number of benzene rings is 1. The molecule has 184 valence electrons. The van der Waals surface area contributed by atoms with Crippen LogP contribution in [-0.4, -0.2) is 61.3 Å². The van der Waals surface area contributed by atoms with Crippen molar-refractivity contribution in [3.05, 3.63) is 51.7 Å². The summed E-state index contributed by atoms with van der Waals surface area (Å²) >= 11 is 6.67. The molecule has 1 atom stereocenters. The molecule has 0 bridgehead atoms. The topological polar surface area (TPSA) is 167 Å². The molecule has 12 heteroatoms. The Kier molecular flexibility index (Phi) is 8.15. The highest BCUT2D eigenvalue weighted by molar-refractivity contribution is 6.36. The Bertz CT molecular complexity index is 1180. The van der Waals surface area contributed by atoms with Crippen LogP contribution in [-0.2, 0) is 11.3 Å². The number of carbonyl (C=O) groups is 1. The van der Waals surface area contributed by atoms with Crippen LogP contribution in [0.2, 0.25) is 5.02 Å². The molecule has 0 amide bonds. The van der Waals surface area contributed by atoms with Gasteiger partial charge >= 0.3 is 11.7 Å². The van der Waals surface area contributed by atoms with Gasteiger partial charge in [0.2, 0.25) is 0 Å². The SMILES string of the molecule is CCC(Oc1cc2oc(=O)n(CCC(=O)O)c2c(NC(CO)(CO)CO)c1Cl)c1ccccn1. The number of oxazole rings is 1. The lowest BCUT2D eigenvalue weighted by Crippen LogP contribution is -2.49. The van der Waals surface area contributed by atoms with Crippen molar-refractivity contribution in [1.82, 2.24) is 9.55 Å². The fraction of sp³-hybridized carbons (Fsp3) is 0.409. The molecule has 5 N–H and O–H groups in total. The minimum Gasteiger partial charge on any atom is -0.482 e. The van der Waals surface area contributed by atoms with E-state index in [1.165, 1.54) is 6.07 Å². The third kappa shape index (κ3) is 5.17. The Labute approximate surface area is 199 Å². The molecule has 34 heavy (non-hydrogen) atoms. The van der Waals surface area contributed by atoms with E-state index >= 15 is 0 Å². The number of nitrogens with zero attached hydrogens (tertiary/aromatic N) is 2. The van der Waals surface area contributed by atoms with Crippen LogP contribution in [0, 0.1) is 0 Å². The van der Waals surface area contributed by atoms with E-state index in [9.17, 15) is 24.9 Å². The molecule has 0 radical (unpaired) electrons. The zero-order chi connectivity index (χ0) is 24.9. The molecule has 3 aromatic rings. The monoisotopic (exact) mass is 495 g/mol. The van der Waals surface area contributed by atoms with E-state index in [4.69, 9.17) is 25.9 Å². The molecule has 0 spiro atoms. The molecule has 11 nitrogen and oxygen atoms in total. The first kappa shape index (κ1) is 25.5. The van der Waals surface area contributed by atoms with Crippen molar-refractivity contribution in [3.63, 3.8) is 0 Å². The van der Waals surface area contributed by atoms with Crippen molar-refractivity contribution in [3.8, 4) is 5.75 Å². The number of pyridine rings is 1. The highest BCUT2D eigenvalue weighted by Gasteiger charge is 2.32. The summed E-state index contributed by atoms with van der Waals surface area (Å²) in [4.78, 5) is 27.9. The summed E-state index contributed by atoms with van der Waals surface area (Å²) in [6.45, 7) is -0.354. The molecule has 2 aromatic heterocycles. The molecule has 0 saturated heterocycles. The summed E-state index contributed by atoms with van der Waals surface area (Å²) in [5, 5.41) is 41.3. The molecule has 0 aliphatic carbocycles. The second kappa shape index (κ2) is 10.9. The molecule has 3 rings (SSSR count). The number of aliphatic hydroxyl groups is 3. The van der Waals surface area contributed by atoms with Crippen molar-refractivity contribution in [2.45, 2.75) is 38.0 Å². The molecular formula is C22H26ClN3O8. The summed E-state index contributed by atoms with van der Waals surface area (Å²) in [5.74, 6) is -1.83. The van der Waals surface area contributed by atoms with Gasteiger partial charge in [0.05, 0.1) is 37.6 Å². The van der Waals surface area contributed by atoms with Gasteiger partial charge in [-0.1, -0.05) is 24.6 Å². The molecule has 0 aliphatic heterocycles. The summed E-state index contributed by atoms with van der Waals surface area (Å²) in [6, 6.07) is 6.78. The van der Waals surface area contributed by atoms with E-state index in [1.807, 2.05) is 13.0 Å². The molecule has 0 saturated carbocycles. The Morgan fingerprint density at radius 1 is 1.29 bits per heavy atom. The number of aliphatic carboxylic acids is 1. The van der Waals surface area contributed by atoms with Crippen molar-refractivity contribution < 1.29 is 34.4 Å². The van der Waals surface area contributed by atoms with Crippen LogP contribution >= 0.6 is 11.6 Å². The van der Waals surface area contributed by atoms with Crippen molar-refractivity contribution in [2.75, 3.05) is 25.1 Å². The van der Waals surface area contributed by atoms with Crippen LogP contribution < -0.4 is 15.8 Å². The number of hydrogen-bond acceptors (Lipinski definition) is 9. The second-order valence-corrected chi connectivity index (χ2v) is 8.10. The number of nitrogens with one attached hydrogen (secondary N) is 1. The quantitative estimate of drug-likeness (QED) is 0.250. The number of aryl methyl sites for hydroxylation is 1. The van der Waals surface area contributed by atoms with E-state index in [0.29, 0.717) is 12.1 Å². The standard InChI is InChI=1S/C22H26ClN3O8/c1-2-14(13-5-3-4-7-24-13)33-15-9-16-20(26(21(32)34-16)8-6-17(30)31)19(18(15)23)25-22(10-27,11-28)12-29/h3-5,7,9,14,25,27-29H,2,6,8,10-12H2,1H3,(H,30,31). The summed E-state index contributed by atoms with van der Waals surface area (Å²) in [5.41, 5.74) is -0.791. The maximum atomic E-state index is 12.5. The first-order chi connectivity index (χ1) is 16.3. The number of fused-ring (bicyclic) bond motifs is 1. The van der Waals surface area contributed by atoms with E-state index in [-0.39, 0.29) is 40.5 Å². The van der Waals surface area contributed by atoms with Crippen molar-refractivity contribution >= 4 is 34.4 Å². The minimum absolute atomic E-state index is 0.0218. The van der Waals surface area contributed by atoms with Gasteiger partial charge < -0.3 is 34.9 Å². The van der Waals surface area contributed by atoms with Gasteiger partial charge in [-0.05, 0) is 18.6 Å². The summed E-state index contributed by atoms with van der Waals surface area (Å²) in [7, 11) is 0. The van der Waals surface area contributed by atoms with E-state index in [1.54, 1.807) is 18.3 Å². The number of aromatic nitrogens is 2. The van der Waals surface area contributed by atoms with Crippen LogP contribution in [0.1, 0.15) is 31.6 Å². The van der Waals surface area contributed by atoms with Gasteiger partial charge in [-0.25, -0.2) is 4.79 Å². The zero-order valence-electron chi connectivity index (χ0n) is 18.4. The Balaban J connectivity index is 2.19. The van der Waals surface area contributed by atoms with Crippen LogP contribution in [0.15, 0.2) is 39.7 Å². The fourth-order valence-electron chi connectivity index (χ4n) is 3.40. The van der Waals surface area contributed by atoms with Crippen LogP contribution in [0.5, 0.6) is 5.75 Å². The highest BCUT2D eigenvalue weighted by atomic mass is 35.5. The molecule has 1 unspecified atom stereocenters. The Hall–Kier alpha value is -3.12. The predicted octanol–water partition coefficient (Wildman–Crippen LogP) is 1.78. The van der Waals surface area contributed by atoms with E-state index < -0.39 is 43.2 Å². The number of carboxylic acids is 1. The summed E-state index contributed by atoms with van der Waals surface area (Å²) in [6.07, 6.45) is 1.29. The molecular weight excluding hydrogens is 470 g/mol. The average Bonchev–Trinajstić information content (AvgIpc) is 3.16. The van der Waals surface area contributed by atoms with Crippen LogP contribution in [0.25, 0.3) is 11.1 Å². The third-order valence-corrected chi connectivity index (χ3v) is 5.74. The van der Waals surface area contributed by atoms with Gasteiger partial charge in [-0.3, -0.25) is 14.3 Å². The number of halogens is 1. The van der Waals surface area contributed by atoms with Crippen LogP contribution in [0.3, 0.4) is 0 Å². The normalized spacial score (nSPS) is 12.6. The number of anilines is 1. The molecule has 1 aromatic carbocycles. The maximum Gasteiger partial charge on any atom is 0.420 e. The van der Waals surface area contributed by atoms with Gasteiger partial charge in [0, 0.05) is 18.8 Å². The van der Waals surface area contributed by atoms with Gasteiger partial charge in [0.25, 0.3) is 0 Å². The number of rotatable bonds is 12. The van der Waals surface area contributed by atoms with E-state index in [0.717, 1.165) is 4.57 Å². The average molecular weight is 496 g/mol. The predicted molar refractivity (Wildman–Crippen MR) is 123 cm³/mol. The number of hydrogen-bond donors (Lipinski definition) is 5. The highest BCUT2D eigenvalue weighted by Crippen LogP contribution is 2.42. The van der Waals surface area contributed by atoms with Gasteiger partial charge in [-0.2, -0.15) is 0 Å². The number of carboxylic acid groups (broad SMARTS) is 1. The molecule has 0 aliphatic rings. The van der Waals surface area contributed by atoms with Gasteiger partial charge in [0.15, 0.2) is 5.58 Å². The van der Waals surface area contributed by atoms with Crippen molar-refractivity contribution in [2.24, 2.45) is 0 Å². The first-order valence-corrected chi connectivity index (χ1v) is 10.9. The first-order valence-electron chi connectivity index (χ1n) is 10.5.